The third kappa shape index (κ3) is 2.60. The quantitative estimate of drug-likeness (QED) is 0.784. The van der Waals surface area contributed by atoms with E-state index in [-0.39, 0.29) is 29.1 Å². The average Bonchev–Trinajstić information content (AvgIpc) is 2.56. The van der Waals surface area contributed by atoms with Gasteiger partial charge in [0.1, 0.15) is 6.07 Å². The fourth-order valence-corrected chi connectivity index (χ4v) is 4.48. The van der Waals surface area contributed by atoms with E-state index in [9.17, 15) is 14.9 Å². The molecule has 1 fully saturated rings. The van der Waals surface area contributed by atoms with Gasteiger partial charge in [0, 0.05) is 19.0 Å². The number of nitriles is 1. The highest BCUT2D eigenvalue weighted by atomic mass is 31.0. The Labute approximate surface area is 138 Å². The minimum Gasteiger partial charge on any atom is -0.337 e. The zero-order valence-electron chi connectivity index (χ0n) is 13.0. The summed E-state index contributed by atoms with van der Waals surface area (Å²) < 4.78 is 0. The third-order valence-electron chi connectivity index (χ3n) is 4.98. The molecule has 1 amide bonds. The van der Waals surface area contributed by atoms with E-state index in [2.05, 4.69) is 9.24 Å². The van der Waals surface area contributed by atoms with Crippen molar-refractivity contribution in [3.8, 4) is 6.07 Å². The lowest BCUT2D eigenvalue weighted by molar-refractivity contribution is -0.140. The van der Waals surface area contributed by atoms with Crippen molar-refractivity contribution < 1.29 is 9.59 Å². The van der Waals surface area contributed by atoms with Crippen molar-refractivity contribution in [2.45, 2.75) is 25.0 Å². The Morgan fingerprint density at radius 2 is 2.04 bits per heavy atom. The molecule has 0 bridgehead atoms. The molecule has 118 valence electrons. The van der Waals surface area contributed by atoms with E-state index in [0.29, 0.717) is 13.1 Å². The third-order valence-corrected chi connectivity index (χ3v) is 5.83. The molecule has 0 saturated carbocycles. The van der Waals surface area contributed by atoms with E-state index >= 15 is 0 Å². The number of carbonyl (C=O) groups excluding carboxylic acids is 2. The normalized spacial score (nSPS) is 30.5. The van der Waals surface area contributed by atoms with Crippen LogP contribution in [-0.2, 0) is 16.1 Å². The van der Waals surface area contributed by atoms with Crippen LogP contribution in [0.25, 0.3) is 0 Å². The Hall–Kier alpha value is -1.98. The van der Waals surface area contributed by atoms with Gasteiger partial charge in [0.25, 0.3) is 0 Å². The van der Waals surface area contributed by atoms with Gasteiger partial charge in [0.2, 0.25) is 5.91 Å². The molecule has 0 spiro atoms. The van der Waals surface area contributed by atoms with Crippen LogP contribution in [0, 0.1) is 23.2 Å². The number of allylic oxidation sites excluding steroid dienone is 1. The maximum Gasteiger partial charge on any atom is 0.237 e. The number of amides is 1. The summed E-state index contributed by atoms with van der Waals surface area (Å²) in [6.45, 7) is 3.03. The molecule has 3 rings (SSSR count). The minimum absolute atomic E-state index is 0.0188. The summed E-state index contributed by atoms with van der Waals surface area (Å²) in [6.07, 6.45) is 2.34. The number of hydrogen-bond acceptors (Lipinski definition) is 3. The topological polar surface area (TPSA) is 61.2 Å². The first-order chi connectivity index (χ1) is 11.0. The number of piperidine rings is 1. The van der Waals surface area contributed by atoms with Gasteiger partial charge < -0.3 is 4.90 Å². The summed E-state index contributed by atoms with van der Waals surface area (Å²) in [4.78, 5) is 27.1. The Morgan fingerprint density at radius 3 is 2.70 bits per heavy atom. The van der Waals surface area contributed by atoms with Crippen molar-refractivity contribution in [1.82, 2.24) is 4.90 Å². The maximum atomic E-state index is 13.0. The van der Waals surface area contributed by atoms with Crippen LogP contribution < -0.4 is 0 Å². The van der Waals surface area contributed by atoms with E-state index in [0.717, 1.165) is 12.0 Å². The molecule has 0 radical (unpaired) electrons. The molecule has 1 unspecified atom stereocenters. The first-order valence-electron chi connectivity index (χ1n) is 7.76. The smallest absolute Gasteiger partial charge is 0.237 e. The number of likely N-dealkylation sites (tertiary alicyclic amines) is 1. The van der Waals surface area contributed by atoms with Crippen LogP contribution in [-0.4, -0.2) is 28.3 Å². The maximum absolute atomic E-state index is 13.0. The number of ketones is 1. The highest BCUT2D eigenvalue weighted by Crippen LogP contribution is 2.46. The molecule has 4 atom stereocenters. The van der Waals surface area contributed by atoms with Gasteiger partial charge in [0.05, 0.1) is 10.7 Å². The van der Waals surface area contributed by atoms with Gasteiger partial charge in [-0.05, 0) is 24.0 Å². The monoisotopic (exact) mass is 326 g/mol. The molecule has 23 heavy (non-hydrogen) atoms. The highest BCUT2D eigenvalue weighted by Gasteiger charge is 2.52. The molecule has 4 nitrogen and oxygen atoms in total. The van der Waals surface area contributed by atoms with Crippen molar-refractivity contribution in [3.63, 3.8) is 0 Å². The van der Waals surface area contributed by atoms with Gasteiger partial charge >= 0.3 is 0 Å². The minimum atomic E-state index is -0.842. The molecule has 1 aliphatic carbocycles. The summed E-state index contributed by atoms with van der Waals surface area (Å²) in [5.41, 5.74) is 1.19. The van der Waals surface area contributed by atoms with Crippen molar-refractivity contribution in [3.05, 3.63) is 47.5 Å². The summed E-state index contributed by atoms with van der Waals surface area (Å²) in [7, 11) is 2.63. The van der Waals surface area contributed by atoms with Crippen LogP contribution in [0.1, 0.15) is 18.9 Å². The standard InChI is InChI=1S/C18H19N2O2P/c1-12-15-7-8-20(11-13-5-3-2-4-6-13)17(22)18(15,23)9-14(10-19)16(12)21/h2-6,9,12,15H,7-8,11,23H2,1H3/t12-,15-,18+/m1/s1. The first-order valence-corrected chi connectivity index (χ1v) is 8.34. The van der Waals surface area contributed by atoms with Crippen LogP contribution >= 0.6 is 9.24 Å². The second-order valence-corrected chi connectivity index (χ2v) is 7.32. The van der Waals surface area contributed by atoms with E-state index in [1.54, 1.807) is 6.08 Å². The second kappa shape index (κ2) is 5.91. The fraction of sp³-hybridized carbons (Fsp3) is 0.389. The van der Waals surface area contributed by atoms with Gasteiger partial charge in [-0.1, -0.05) is 37.3 Å². The number of carbonyl (C=O) groups is 2. The largest absolute Gasteiger partial charge is 0.337 e. The molecular weight excluding hydrogens is 307 g/mol. The molecule has 0 aromatic heterocycles. The van der Waals surface area contributed by atoms with Gasteiger partial charge in [-0.3, -0.25) is 9.59 Å². The second-order valence-electron chi connectivity index (χ2n) is 6.36. The number of benzene rings is 1. The summed E-state index contributed by atoms with van der Waals surface area (Å²) in [5.74, 6) is -0.513. The molecule has 1 aromatic carbocycles. The van der Waals surface area contributed by atoms with Crippen LogP contribution in [0.2, 0.25) is 0 Å². The molecule has 1 aromatic rings. The number of nitrogens with zero attached hydrogens (tertiary/aromatic N) is 2. The van der Waals surface area contributed by atoms with E-state index in [4.69, 9.17) is 0 Å². The summed E-state index contributed by atoms with van der Waals surface area (Å²) in [6, 6.07) is 11.8. The number of fused-ring (bicyclic) bond motifs is 1. The van der Waals surface area contributed by atoms with E-state index < -0.39 is 5.16 Å². The number of Topliss-reactive ketones (excluding diaryl/α,β-unsaturated/α-hetero) is 1. The molecule has 2 aliphatic rings. The zero-order chi connectivity index (χ0) is 16.6. The lowest BCUT2D eigenvalue weighted by Gasteiger charge is -2.47. The first kappa shape index (κ1) is 15.9. The summed E-state index contributed by atoms with van der Waals surface area (Å²) in [5, 5.41) is 8.36. The Balaban J connectivity index is 1.92. The van der Waals surface area contributed by atoms with Crippen molar-refractivity contribution in [1.29, 1.82) is 5.26 Å². The van der Waals surface area contributed by atoms with E-state index in [1.165, 1.54) is 0 Å². The van der Waals surface area contributed by atoms with Crippen LogP contribution in [0.3, 0.4) is 0 Å². The Morgan fingerprint density at radius 1 is 1.35 bits per heavy atom. The predicted octanol–water partition coefficient (Wildman–Crippen LogP) is 2.32. The SMILES string of the molecule is C[C@H]1C(=O)C(C#N)=C[C@@]2(P)C(=O)N(Cc3ccccc3)CC[C@H]12. The van der Waals surface area contributed by atoms with E-state index in [1.807, 2.05) is 48.2 Å². The number of rotatable bonds is 2. The van der Waals surface area contributed by atoms with Crippen LogP contribution in [0.15, 0.2) is 42.0 Å². The molecule has 5 heteroatoms. The van der Waals surface area contributed by atoms with Crippen molar-refractivity contribution in [2.24, 2.45) is 11.8 Å². The van der Waals surface area contributed by atoms with Gasteiger partial charge in [-0.2, -0.15) is 5.26 Å². The Kier molecular flexibility index (Phi) is 4.08. The number of hydrogen-bond donors (Lipinski definition) is 0. The highest BCUT2D eigenvalue weighted by molar-refractivity contribution is 7.21. The molecule has 1 saturated heterocycles. The zero-order valence-corrected chi connectivity index (χ0v) is 14.2. The molecule has 1 aliphatic heterocycles. The van der Waals surface area contributed by atoms with Gasteiger partial charge in [-0.25, -0.2) is 0 Å². The van der Waals surface area contributed by atoms with Crippen molar-refractivity contribution >= 4 is 20.9 Å². The van der Waals surface area contributed by atoms with Gasteiger partial charge in [0.15, 0.2) is 5.78 Å². The van der Waals surface area contributed by atoms with Crippen LogP contribution in [0.5, 0.6) is 0 Å². The Bertz CT molecular complexity index is 722. The lowest BCUT2D eigenvalue weighted by atomic mass is 9.69. The van der Waals surface area contributed by atoms with Crippen LogP contribution in [0.4, 0.5) is 0 Å². The van der Waals surface area contributed by atoms with Crippen molar-refractivity contribution in [2.75, 3.05) is 6.54 Å². The molecule has 0 N–H and O–H groups in total. The fourth-order valence-electron chi connectivity index (χ4n) is 3.68. The van der Waals surface area contributed by atoms with Gasteiger partial charge in [-0.15, -0.1) is 9.24 Å². The lowest BCUT2D eigenvalue weighted by Crippen LogP contribution is -2.58. The average molecular weight is 326 g/mol. The summed E-state index contributed by atoms with van der Waals surface area (Å²) >= 11 is 0. The molecular formula is C18H19N2O2P. The molecule has 1 heterocycles. The predicted molar refractivity (Wildman–Crippen MR) is 90.3 cm³/mol.